The number of thioether (sulfide) groups is 1. The molecule has 0 radical (unpaired) electrons. The van der Waals surface area contributed by atoms with Crippen LogP contribution in [-0.4, -0.2) is 43.3 Å². The highest BCUT2D eigenvalue weighted by atomic mass is 32.2. The van der Waals surface area contributed by atoms with Gasteiger partial charge in [0, 0.05) is 42.5 Å². The van der Waals surface area contributed by atoms with E-state index in [1.165, 1.54) is 11.8 Å². The third-order valence-corrected chi connectivity index (χ3v) is 3.69. The molecule has 0 bridgehead atoms. The van der Waals surface area contributed by atoms with Crippen molar-refractivity contribution >= 4 is 11.8 Å². The Bertz CT molecular complexity index is 746. The van der Waals surface area contributed by atoms with Crippen LogP contribution >= 0.6 is 11.8 Å². The summed E-state index contributed by atoms with van der Waals surface area (Å²) in [6.07, 6.45) is 9.05. The van der Waals surface area contributed by atoms with Gasteiger partial charge in [-0.25, -0.2) is 9.97 Å². The third kappa shape index (κ3) is 4.11. The Morgan fingerprint density at radius 2 is 2.00 bits per heavy atom. The van der Waals surface area contributed by atoms with Crippen LogP contribution in [-0.2, 0) is 13.1 Å². The normalized spacial score (nSPS) is 11.1. The molecule has 0 aliphatic rings. The molecule has 0 saturated heterocycles. The van der Waals surface area contributed by atoms with Crippen molar-refractivity contribution in [1.82, 2.24) is 30.0 Å². The topological polar surface area (TPSA) is 80.8 Å². The Balaban J connectivity index is 1.61. The van der Waals surface area contributed by atoms with Gasteiger partial charge in [-0.15, -0.1) is 0 Å². The van der Waals surface area contributed by atoms with Crippen LogP contribution in [0.5, 0.6) is 0 Å². The highest BCUT2D eigenvalue weighted by Gasteiger charge is 2.11. The molecular formula is C15H16N6OS. The fourth-order valence-electron chi connectivity index (χ4n) is 2.06. The predicted octanol–water partition coefficient (Wildman–Crippen LogP) is 2.28. The van der Waals surface area contributed by atoms with E-state index in [9.17, 15) is 0 Å². The van der Waals surface area contributed by atoms with Crippen molar-refractivity contribution in [3.63, 3.8) is 0 Å². The van der Waals surface area contributed by atoms with Crippen LogP contribution in [0.15, 0.2) is 46.6 Å². The second-order valence-corrected chi connectivity index (χ2v) is 5.78. The molecule has 0 saturated carbocycles. The van der Waals surface area contributed by atoms with E-state index in [4.69, 9.17) is 4.52 Å². The molecule has 0 N–H and O–H groups in total. The van der Waals surface area contributed by atoms with Crippen LogP contribution < -0.4 is 0 Å². The SMILES string of the molecule is CSc1ncc(CN(C)Cc2nc(-c3cccnc3)no2)cn1. The number of aromatic nitrogens is 5. The lowest BCUT2D eigenvalue weighted by molar-refractivity contribution is 0.260. The summed E-state index contributed by atoms with van der Waals surface area (Å²) in [5, 5.41) is 4.76. The minimum absolute atomic E-state index is 0.550. The lowest BCUT2D eigenvalue weighted by Gasteiger charge is -2.13. The molecule has 0 amide bonds. The Labute approximate surface area is 138 Å². The summed E-state index contributed by atoms with van der Waals surface area (Å²) in [6.45, 7) is 1.26. The standard InChI is InChI=1S/C15H16N6OS/c1-21(9-11-6-17-15(23-2)18-7-11)10-13-19-14(20-22-13)12-4-3-5-16-8-12/h3-8H,9-10H2,1-2H3. The molecule has 7 nitrogen and oxygen atoms in total. The summed E-state index contributed by atoms with van der Waals surface area (Å²) < 4.78 is 5.30. The van der Waals surface area contributed by atoms with Crippen molar-refractivity contribution in [3.05, 3.63) is 48.4 Å². The van der Waals surface area contributed by atoms with Gasteiger partial charge in [0.15, 0.2) is 5.16 Å². The smallest absolute Gasteiger partial charge is 0.241 e. The first-order valence-corrected chi connectivity index (χ1v) is 8.23. The summed E-state index contributed by atoms with van der Waals surface area (Å²) in [5.41, 5.74) is 1.88. The number of pyridine rings is 1. The van der Waals surface area contributed by atoms with E-state index in [2.05, 4.69) is 30.0 Å². The van der Waals surface area contributed by atoms with E-state index >= 15 is 0 Å². The summed E-state index contributed by atoms with van der Waals surface area (Å²) in [4.78, 5) is 19.1. The van der Waals surface area contributed by atoms with Gasteiger partial charge in [-0.3, -0.25) is 9.88 Å². The average molecular weight is 328 g/mol. The van der Waals surface area contributed by atoms with Gasteiger partial charge in [-0.1, -0.05) is 16.9 Å². The van der Waals surface area contributed by atoms with E-state index in [1.807, 2.05) is 37.8 Å². The molecule has 0 unspecified atom stereocenters. The second-order valence-electron chi connectivity index (χ2n) is 5.00. The van der Waals surface area contributed by atoms with Crippen molar-refractivity contribution in [2.75, 3.05) is 13.3 Å². The molecule has 0 spiro atoms. The zero-order chi connectivity index (χ0) is 16.1. The Kier molecular flexibility index (Phi) is 4.94. The zero-order valence-corrected chi connectivity index (χ0v) is 13.7. The van der Waals surface area contributed by atoms with Crippen molar-refractivity contribution < 1.29 is 4.52 Å². The number of hydrogen-bond acceptors (Lipinski definition) is 8. The minimum Gasteiger partial charge on any atom is -0.338 e. The fourth-order valence-corrected chi connectivity index (χ4v) is 2.38. The Morgan fingerprint density at radius 1 is 1.17 bits per heavy atom. The van der Waals surface area contributed by atoms with E-state index in [1.54, 1.807) is 12.4 Å². The molecule has 23 heavy (non-hydrogen) atoms. The molecule has 118 valence electrons. The van der Waals surface area contributed by atoms with Gasteiger partial charge in [0.2, 0.25) is 11.7 Å². The largest absolute Gasteiger partial charge is 0.338 e. The Hall–Kier alpha value is -2.32. The summed E-state index contributed by atoms with van der Waals surface area (Å²) in [5.74, 6) is 1.11. The molecule has 3 rings (SSSR count). The van der Waals surface area contributed by atoms with Crippen molar-refractivity contribution in [2.45, 2.75) is 18.2 Å². The first-order chi connectivity index (χ1) is 11.2. The van der Waals surface area contributed by atoms with Crippen LogP contribution in [0, 0.1) is 0 Å². The van der Waals surface area contributed by atoms with Crippen molar-refractivity contribution in [2.24, 2.45) is 0 Å². The summed E-state index contributed by atoms with van der Waals surface area (Å²) in [6, 6.07) is 3.74. The maximum Gasteiger partial charge on any atom is 0.241 e. The highest BCUT2D eigenvalue weighted by Crippen LogP contribution is 2.15. The second kappa shape index (κ2) is 7.30. The predicted molar refractivity (Wildman–Crippen MR) is 86.5 cm³/mol. The lowest BCUT2D eigenvalue weighted by atomic mass is 10.3. The van der Waals surface area contributed by atoms with Gasteiger partial charge in [-0.2, -0.15) is 4.98 Å². The monoisotopic (exact) mass is 328 g/mol. The van der Waals surface area contributed by atoms with Gasteiger partial charge in [-0.05, 0) is 25.4 Å². The van der Waals surface area contributed by atoms with E-state index in [0.29, 0.717) is 24.8 Å². The zero-order valence-electron chi connectivity index (χ0n) is 12.9. The van der Waals surface area contributed by atoms with Crippen LogP contribution in [0.4, 0.5) is 0 Å². The quantitative estimate of drug-likeness (QED) is 0.503. The van der Waals surface area contributed by atoms with Crippen LogP contribution in [0.25, 0.3) is 11.4 Å². The van der Waals surface area contributed by atoms with Gasteiger partial charge < -0.3 is 4.52 Å². The first-order valence-electron chi connectivity index (χ1n) is 7.01. The van der Waals surface area contributed by atoms with Crippen molar-refractivity contribution in [3.8, 4) is 11.4 Å². The molecular weight excluding hydrogens is 312 g/mol. The molecule has 0 atom stereocenters. The fraction of sp³-hybridized carbons (Fsp3) is 0.267. The summed E-state index contributed by atoms with van der Waals surface area (Å²) in [7, 11) is 1.98. The number of hydrogen-bond donors (Lipinski definition) is 0. The van der Waals surface area contributed by atoms with Gasteiger partial charge in [0.1, 0.15) is 0 Å². The maximum atomic E-state index is 5.30. The number of nitrogens with zero attached hydrogens (tertiary/aromatic N) is 6. The third-order valence-electron chi connectivity index (χ3n) is 3.11. The van der Waals surface area contributed by atoms with Crippen LogP contribution in [0.3, 0.4) is 0 Å². The number of rotatable bonds is 6. The van der Waals surface area contributed by atoms with Crippen molar-refractivity contribution in [1.29, 1.82) is 0 Å². The molecule has 3 heterocycles. The molecule has 0 fully saturated rings. The lowest BCUT2D eigenvalue weighted by Crippen LogP contribution is -2.17. The van der Waals surface area contributed by atoms with Gasteiger partial charge in [0.05, 0.1) is 6.54 Å². The maximum absolute atomic E-state index is 5.30. The van der Waals surface area contributed by atoms with Crippen LogP contribution in [0.2, 0.25) is 0 Å². The van der Waals surface area contributed by atoms with Gasteiger partial charge in [0.25, 0.3) is 0 Å². The highest BCUT2D eigenvalue weighted by molar-refractivity contribution is 7.98. The summed E-state index contributed by atoms with van der Waals surface area (Å²) >= 11 is 1.53. The van der Waals surface area contributed by atoms with Gasteiger partial charge >= 0.3 is 0 Å². The minimum atomic E-state index is 0.550. The molecule has 3 aromatic heterocycles. The van der Waals surface area contributed by atoms with E-state index in [0.717, 1.165) is 16.3 Å². The first kappa shape index (κ1) is 15.6. The van der Waals surface area contributed by atoms with E-state index in [-0.39, 0.29) is 0 Å². The average Bonchev–Trinajstić information content (AvgIpc) is 3.04. The molecule has 8 heteroatoms. The Morgan fingerprint density at radius 3 is 2.70 bits per heavy atom. The molecule has 0 aromatic carbocycles. The molecule has 0 aliphatic carbocycles. The van der Waals surface area contributed by atoms with Crippen LogP contribution in [0.1, 0.15) is 11.5 Å². The van der Waals surface area contributed by atoms with E-state index < -0.39 is 0 Å². The molecule has 3 aromatic rings. The molecule has 0 aliphatic heterocycles.